The molecule has 0 aliphatic heterocycles. The van der Waals surface area contributed by atoms with Crippen LogP contribution in [0, 0.1) is 23.7 Å². The molecule has 53 heavy (non-hydrogen) atoms. The minimum Gasteiger partial charge on any atom is -0.135 e. The van der Waals surface area contributed by atoms with Crippen molar-refractivity contribution < 1.29 is 0 Å². The van der Waals surface area contributed by atoms with Crippen LogP contribution in [0.1, 0.15) is 43.2 Å². The first-order valence-electron chi connectivity index (χ1n) is 19.8. The standard InChI is InChI=1S/C52H38S/c1-2-11-36-32(10-1)20-23-46-50(36)44-29-33(21-22-45(44)52(46)34-25-30-24-31(27-34)28-35(52)26-30)48-38-13-3-5-15-40(38)49(41-16-6-4-14-39(41)48)43-18-9-17-42-37-12-7-8-19-47(37)53-51(42)43/h1-23,29-31,34-35H,24-28H2. The van der Waals surface area contributed by atoms with Crippen molar-refractivity contribution in [2.24, 2.45) is 23.7 Å². The lowest BCUT2D eigenvalue weighted by molar-refractivity contribution is -0.0399. The molecule has 14 rings (SSSR count). The summed E-state index contributed by atoms with van der Waals surface area (Å²) in [5, 5.41) is 10.8. The normalized spacial score (nSPS) is 23.9. The van der Waals surface area contributed by atoms with Crippen LogP contribution in [0.4, 0.5) is 0 Å². The van der Waals surface area contributed by atoms with Crippen LogP contribution in [0.5, 0.6) is 0 Å². The molecule has 4 bridgehead atoms. The van der Waals surface area contributed by atoms with Crippen LogP contribution in [0.3, 0.4) is 0 Å². The van der Waals surface area contributed by atoms with Gasteiger partial charge in [-0.15, -0.1) is 11.3 Å². The molecule has 1 heterocycles. The third-order valence-electron chi connectivity index (χ3n) is 14.4. The van der Waals surface area contributed by atoms with Crippen LogP contribution in [-0.2, 0) is 5.41 Å². The predicted molar refractivity (Wildman–Crippen MR) is 226 cm³/mol. The highest BCUT2D eigenvalue weighted by Crippen LogP contribution is 2.70. The van der Waals surface area contributed by atoms with Gasteiger partial charge in [0.2, 0.25) is 0 Å². The zero-order chi connectivity index (χ0) is 34.4. The monoisotopic (exact) mass is 694 g/mol. The summed E-state index contributed by atoms with van der Waals surface area (Å²) in [6, 6.07) is 56.2. The number of rotatable bonds is 2. The van der Waals surface area contributed by atoms with Gasteiger partial charge in [-0.3, -0.25) is 0 Å². The van der Waals surface area contributed by atoms with Crippen molar-refractivity contribution in [2.45, 2.75) is 37.5 Å². The Kier molecular flexibility index (Phi) is 5.77. The Balaban J connectivity index is 1.10. The molecule has 252 valence electrons. The lowest BCUT2D eigenvalue weighted by Gasteiger charge is -2.61. The summed E-state index contributed by atoms with van der Waals surface area (Å²) >= 11 is 1.93. The molecule has 9 aromatic rings. The molecule has 0 atom stereocenters. The summed E-state index contributed by atoms with van der Waals surface area (Å²) in [5.74, 6) is 3.38. The second-order valence-electron chi connectivity index (χ2n) is 16.8. The molecule has 1 heteroatoms. The van der Waals surface area contributed by atoms with Crippen LogP contribution < -0.4 is 0 Å². The molecule has 1 aromatic heterocycles. The lowest BCUT2D eigenvalue weighted by Crippen LogP contribution is -2.55. The van der Waals surface area contributed by atoms with Crippen molar-refractivity contribution >= 4 is 63.8 Å². The predicted octanol–water partition coefficient (Wildman–Crippen LogP) is 14.6. The number of fused-ring (bicyclic) bond motifs is 10. The molecule has 0 nitrogen and oxygen atoms in total. The van der Waals surface area contributed by atoms with E-state index in [9.17, 15) is 0 Å². The highest BCUT2D eigenvalue weighted by atomic mass is 32.1. The molecular formula is C52H38S. The Labute approximate surface area is 313 Å². The van der Waals surface area contributed by atoms with E-state index in [1.807, 2.05) is 11.3 Å². The Morgan fingerprint density at radius 3 is 1.72 bits per heavy atom. The topological polar surface area (TPSA) is 0 Å². The fraction of sp³-hybridized carbons (Fsp3) is 0.192. The second-order valence-corrected chi connectivity index (χ2v) is 17.8. The van der Waals surface area contributed by atoms with Gasteiger partial charge in [0, 0.05) is 31.2 Å². The second kappa shape index (κ2) is 10.5. The van der Waals surface area contributed by atoms with Gasteiger partial charge < -0.3 is 0 Å². The van der Waals surface area contributed by atoms with Gasteiger partial charge in [0.25, 0.3) is 0 Å². The quantitative estimate of drug-likeness (QED) is 0.158. The zero-order valence-electron chi connectivity index (χ0n) is 29.6. The summed E-state index contributed by atoms with van der Waals surface area (Å²) < 4.78 is 2.72. The number of hydrogen-bond donors (Lipinski definition) is 0. The van der Waals surface area contributed by atoms with Gasteiger partial charge in [-0.05, 0) is 139 Å². The summed E-state index contributed by atoms with van der Waals surface area (Å²) in [6.45, 7) is 0. The van der Waals surface area contributed by atoms with Gasteiger partial charge >= 0.3 is 0 Å². The first-order chi connectivity index (χ1) is 26.3. The van der Waals surface area contributed by atoms with E-state index in [0.717, 1.165) is 23.7 Å². The molecule has 8 aromatic carbocycles. The summed E-state index contributed by atoms with van der Waals surface area (Å²) in [5.41, 5.74) is 11.8. The first kappa shape index (κ1) is 29.2. The summed E-state index contributed by atoms with van der Waals surface area (Å²) in [4.78, 5) is 0. The van der Waals surface area contributed by atoms with E-state index in [1.165, 1.54) is 118 Å². The largest absolute Gasteiger partial charge is 0.135 e. The van der Waals surface area contributed by atoms with Crippen LogP contribution in [0.25, 0.3) is 85.9 Å². The Bertz CT molecular complexity index is 2940. The molecule has 4 saturated carbocycles. The molecule has 0 saturated heterocycles. The SMILES string of the molecule is c1ccc2c3c(ccc2c1)C1(c2ccc(-c4c5ccccc5c(-c5cccc6c5sc5ccccc56)c5ccccc45)cc2-3)C2CC3CC(C2)CC1C3. The maximum absolute atomic E-state index is 2.63. The molecule has 4 fully saturated rings. The van der Waals surface area contributed by atoms with Crippen LogP contribution in [0.15, 0.2) is 146 Å². The maximum Gasteiger partial charge on any atom is 0.0434 e. The van der Waals surface area contributed by atoms with E-state index >= 15 is 0 Å². The highest BCUT2D eigenvalue weighted by Gasteiger charge is 2.61. The minimum absolute atomic E-state index is 0.150. The van der Waals surface area contributed by atoms with Gasteiger partial charge in [0.15, 0.2) is 0 Å². The molecule has 5 aliphatic rings. The molecule has 0 amide bonds. The minimum atomic E-state index is 0.150. The first-order valence-corrected chi connectivity index (χ1v) is 20.6. The summed E-state index contributed by atoms with van der Waals surface area (Å²) in [6.07, 6.45) is 7.11. The zero-order valence-corrected chi connectivity index (χ0v) is 30.4. The molecule has 5 aliphatic carbocycles. The van der Waals surface area contributed by atoms with Crippen LogP contribution in [-0.4, -0.2) is 0 Å². The van der Waals surface area contributed by atoms with Gasteiger partial charge in [0.05, 0.1) is 0 Å². The van der Waals surface area contributed by atoms with Gasteiger partial charge in [-0.2, -0.15) is 0 Å². The molecule has 0 radical (unpaired) electrons. The van der Waals surface area contributed by atoms with E-state index in [0.29, 0.717) is 0 Å². The Morgan fingerprint density at radius 1 is 0.415 bits per heavy atom. The summed E-state index contributed by atoms with van der Waals surface area (Å²) in [7, 11) is 0. The number of thiophene rings is 1. The van der Waals surface area contributed by atoms with E-state index in [1.54, 1.807) is 11.1 Å². The third-order valence-corrected chi connectivity index (χ3v) is 15.6. The van der Waals surface area contributed by atoms with E-state index in [4.69, 9.17) is 0 Å². The Morgan fingerprint density at radius 2 is 1.00 bits per heavy atom. The fourth-order valence-electron chi connectivity index (χ4n) is 12.8. The van der Waals surface area contributed by atoms with Crippen molar-refractivity contribution in [3.05, 3.63) is 157 Å². The van der Waals surface area contributed by atoms with Crippen LogP contribution >= 0.6 is 11.3 Å². The Hall–Kier alpha value is -5.24. The van der Waals surface area contributed by atoms with Crippen LogP contribution in [0.2, 0.25) is 0 Å². The average Bonchev–Trinajstić information content (AvgIpc) is 3.73. The molecule has 0 N–H and O–H groups in total. The van der Waals surface area contributed by atoms with Crippen molar-refractivity contribution in [1.29, 1.82) is 0 Å². The van der Waals surface area contributed by atoms with Gasteiger partial charge in [-0.25, -0.2) is 0 Å². The molecular weight excluding hydrogens is 657 g/mol. The van der Waals surface area contributed by atoms with E-state index in [2.05, 4.69) is 146 Å². The molecule has 1 spiro atoms. The van der Waals surface area contributed by atoms with Crippen molar-refractivity contribution in [3.8, 4) is 33.4 Å². The third kappa shape index (κ3) is 3.72. The van der Waals surface area contributed by atoms with E-state index < -0.39 is 0 Å². The maximum atomic E-state index is 2.63. The number of benzene rings is 8. The highest BCUT2D eigenvalue weighted by molar-refractivity contribution is 7.26. The molecule has 0 unspecified atom stereocenters. The fourth-order valence-corrected chi connectivity index (χ4v) is 14.0. The smallest absolute Gasteiger partial charge is 0.0434 e. The average molecular weight is 695 g/mol. The number of hydrogen-bond acceptors (Lipinski definition) is 1. The van der Waals surface area contributed by atoms with Crippen molar-refractivity contribution in [1.82, 2.24) is 0 Å². The van der Waals surface area contributed by atoms with Gasteiger partial charge in [-0.1, -0.05) is 133 Å². The van der Waals surface area contributed by atoms with Crippen molar-refractivity contribution in [2.75, 3.05) is 0 Å². The lowest BCUT2D eigenvalue weighted by atomic mass is 9.43. The van der Waals surface area contributed by atoms with E-state index in [-0.39, 0.29) is 5.41 Å². The van der Waals surface area contributed by atoms with Gasteiger partial charge in [0.1, 0.15) is 0 Å². The van der Waals surface area contributed by atoms with Crippen molar-refractivity contribution in [3.63, 3.8) is 0 Å².